The fourth-order valence-electron chi connectivity index (χ4n) is 2.85. The first-order chi connectivity index (χ1) is 12.5. The van der Waals surface area contributed by atoms with E-state index in [1.807, 2.05) is 39.0 Å². The summed E-state index contributed by atoms with van der Waals surface area (Å²) in [5, 5.41) is 0.800. The molecule has 2 aromatic carbocycles. The molecule has 0 saturated carbocycles. The minimum absolute atomic E-state index is 0.0935. The maximum absolute atomic E-state index is 12.7. The molecule has 0 aliphatic carbocycles. The van der Waals surface area contributed by atoms with Crippen LogP contribution < -0.4 is 15.3 Å². The van der Waals surface area contributed by atoms with Gasteiger partial charge in [-0.3, -0.25) is 4.79 Å². The van der Waals surface area contributed by atoms with E-state index < -0.39 is 5.63 Å². The average molecular weight is 351 g/mol. The molecule has 5 heteroatoms. The summed E-state index contributed by atoms with van der Waals surface area (Å²) >= 11 is 0. The molecule has 0 atom stereocenters. The number of hydrogen-bond acceptors (Lipinski definition) is 4. The van der Waals surface area contributed by atoms with Gasteiger partial charge in [0.1, 0.15) is 11.3 Å². The van der Waals surface area contributed by atoms with Crippen LogP contribution in [0.2, 0.25) is 0 Å². The van der Waals surface area contributed by atoms with E-state index in [4.69, 9.17) is 9.15 Å². The van der Waals surface area contributed by atoms with Crippen molar-refractivity contribution < 1.29 is 13.9 Å². The summed E-state index contributed by atoms with van der Waals surface area (Å²) in [6.07, 6.45) is 0. The van der Waals surface area contributed by atoms with E-state index in [0.717, 1.165) is 22.2 Å². The van der Waals surface area contributed by atoms with Gasteiger partial charge in [-0.25, -0.2) is 4.79 Å². The van der Waals surface area contributed by atoms with Gasteiger partial charge < -0.3 is 14.1 Å². The van der Waals surface area contributed by atoms with E-state index in [2.05, 4.69) is 0 Å². The Bertz CT molecular complexity index is 1010. The molecule has 1 amide bonds. The third-order valence-electron chi connectivity index (χ3n) is 4.23. The quantitative estimate of drug-likeness (QED) is 0.655. The first-order valence-corrected chi connectivity index (χ1v) is 8.52. The molecular weight excluding hydrogens is 330 g/mol. The van der Waals surface area contributed by atoms with Gasteiger partial charge in [-0.1, -0.05) is 12.1 Å². The number of anilines is 1. The zero-order chi connectivity index (χ0) is 18.7. The predicted octanol–water partition coefficient (Wildman–Crippen LogP) is 3.84. The van der Waals surface area contributed by atoms with Crippen LogP contribution in [0.3, 0.4) is 0 Å². The van der Waals surface area contributed by atoms with E-state index >= 15 is 0 Å². The van der Waals surface area contributed by atoms with E-state index in [9.17, 15) is 9.59 Å². The van der Waals surface area contributed by atoms with Crippen molar-refractivity contribution in [3.63, 3.8) is 0 Å². The number of ether oxygens (including phenoxy) is 1. The third kappa shape index (κ3) is 3.77. The first kappa shape index (κ1) is 17.7. The Morgan fingerprint density at radius 2 is 1.85 bits per heavy atom. The Morgan fingerprint density at radius 1 is 1.08 bits per heavy atom. The van der Waals surface area contributed by atoms with Crippen LogP contribution in [0.25, 0.3) is 11.0 Å². The lowest BCUT2D eigenvalue weighted by molar-refractivity contribution is -0.120. The molecule has 5 nitrogen and oxygen atoms in total. The summed E-state index contributed by atoms with van der Waals surface area (Å²) in [4.78, 5) is 25.7. The second-order valence-corrected chi connectivity index (χ2v) is 6.17. The molecule has 0 unspecified atom stereocenters. The van der Waals surface area contributed by atoms with Gasteiger partial charge in [-0.15, -0.1) is 0 Å². The number of carbonyl (C=O) groups excluding carboxylic acids is 1. The summed E-state index contributed by atoms with van der Waals surface area (Å²) in [6, 6.07) is 14.3. The highest BCUT2D eigenvalue weighted by Crippen LogP contribution is 2.23. The number of benzene rings is 2. The van der Waals surface area contributed by atoms with Crippen LogP contribution in [-0.4, -0.2) is 19.1 Å². The van der Waals surface area contributed by atoms with Gasteiger partial charge in [0.15, 0.2) is 6.61 Å². The number of likely N-dealkylation sites (N-methyl/N-ethyl adjacent to an activating group) is 1. The Hall–Kier alpha value is -3.08. The SMILES string of the molecule is CCN(C(=O)COc1ccc2ccc(=O)oc2c1)c1cc(C)ccc1C. The van der Waals surface area contributed by atoms with Gasteiger partial charge >= 0.3 is 5.63 Å². The highest BCUT2D eigenvalue weighted by atomic mass is 16.5. The van der Waals surface area contributed by atoms with E-state index in [1.54, 1.807) is 29.2 Å². The molecule has 0 N–H and O–H groups in total. The molecule has 0 spiro atoms. The third-order valence-corrected chi connectivity index (χ3v) is 4.23. The summed E-state index contributed by atoms with van der Waals surface area (Å²) in [7, 11) is 0. The van der Waals surface area contributed by atoms with Crippen LogP contribution in [0.5, 0.6) is 5.75 Å². The predicted molar refractivity (Wildman–Crippen MR) is 102 cm³/mol. The average Bonchev–Trinajstić information content (AvgIpc) is 2.63. The standard InChI is InChI=1S/C21H21NO4/c1-4-22(18-11-14(2)5-6-15(18)3)20(23)13-25-17-9-7-16-8-10-21(24)26-19(16)12-17/h5-12H,4,13H2,1-3H3. The van der Waals surface area contributed by atoms with Crippen molar-refractivity contribution in [1.82, 2.24) is 0 Å². The molecule has 0 saturated heterocycles. The van der Waals surface area contributed by atoms with E-state index in [-0.39, 0.29) is 12.5 Å². The normalized spacial score (nSPS) is 10.7. The maximum Gasteiger partial charge on any atom is 0.336 e. The van der Waals surface area contributed by atoms with E-state index in [1.165, 1.54) is 6.07 Å². The van der Waals surface area contributed by atoms with Crippen LogP contribution in [-0.2, 0) is 4.79 Å². The number of carbonyl (C=O) groups is 1. The van der Waals surface area contributed by atoms with Gasteiger partial charge in [0.05, 0.1) is 0 Å². The van der Waals surface area contributed by atoms with Gasteiger partial charge in [-0.05, 0) is 56.2 Å². The second-order valence-electron chi connectivity index (χ2n) is 6.17. The first-order valence-electron chi connectivity index (χ1n) is 8.52. The van der Waals surface area contributed by atoms with Gasteiger partial charge in [0.25, 0.3) is 5.91 Å². The van der Waals surface area contributed by atoms with E-state index in [0.29, 0.717) is 17.9 Å². The lowest BCUT2D eigenvalue weighted by atomic mass is 10.1. The molecular formula is C21H21NO4. The van der Waals surface area contributed by atoms with Gasteiger partial charge in [-0.2, -0.15) is 0 Å². The zero-order valence-electron chi connectivity index (χ0n) is 15.1. The fraction of sp³-hybridized carbons (Fsp3) is 0.238. The monoisotopic (exact) mass is 351 g/mol. The smallest absolute Gasteiger partial charge is 0.336 e. The number of hydrogen-bond donors (Lipinski definition) is 0. The highest BCUT2D eigenvalue weighted by Gasteiger charge is 2.17. The van der Waals surface area contributed by atoms with Gasteiger partial charge in [0.2, 0.25) is 0 Å². The molecule has 0 radical (unpaired) electrons. The van der Waals surface area contributed by atoms with Crippen molar-refractivity contribution in [2.75, 3.05) is 18.1 Å². The Morgan fingerprint density at radius 3 is 2.62 bits per heavy atom. The Kier molecular flexibility index (Phi) is 5.07. The van der Waals surface area contributed by atoms with Crippen LogP contribution in [0.15, 0.2) is 57.7 Å². The summed E-state index contributed by atoms with van der Waals surface area (Å²) < 4.78 is 10.8. The molecule has 0 aliphatic heterocycles. The minimum Gasteiger partial charge on any atom is -0.484 e. The number of rotatable bonds is 5. The second kappa shape index (κ2) is 7.44. The lowest BCUT2D eigenvalue weighted by Gasteiger charge is -2.23. The minimum atomic E-state index is -0.419. The number of amides is 1. The molecule has 1 heterocycles. The van der Waals surface area contributed by atoms with Crippen molar-refractivity contribution in [3.05, 3.63) is 70.1 Å². The van der Waals surface area contributed by atoms with Crippen LogP contribution in [0.1, 0.15) is 18.1 Å². The van der Waals surface area contributed by atoms with Crippen LogP contribution >= 0.6 is 0 Å². The molecule has 3 aromatic rings. The van der Waals surface area contributed by atoms with Crippen molar-refractivity contribution in [3.8, 4) is 5.75 Å². The van der Waals surface area contributed by atoms with Crippen LogP contribution in [0, 0.1) is 13.8 Å². The Balaban J connectivity index is 1.76. The molecule has 0 aliphatic rings. The number of nitrogens with zero attached hydrogens (tertiary/aromatic N) is 1. The summed E-state index contributed by atoms with van der Waals surface area (Å²) in [5.41, 5.74) is 3.05. The van der Waals surface area contributed by atoms with Crippen molar-refractivity contribution in [2.45, 2.75) is 20.8 Å². The zero-order valence-corrected chi connectivity index (χ0v) is 15.1. The maximum atomic E-state index is 12.7. The molecule has 0 fully saturated rings. The highest BCUT2D eigenvalue weighted by molar-refractivity contribution is 5.95. The molecule has 26 heavy (non-hydrogen) atoms. The fourth-order valence-corrected chi connectivity index (χ4v) is 2.85. The topological polar surface area (TPSA) is 59.8 Å². The lowest BCUT2D eigenvalue weighted by Crippen LogP contribution is -2.35. The summed E-state index contributed by atoms with van der Waals surface area (Å²) in [5.74, 6) is 0.355. The number of aryl methyl sites for hydroxylation is 2. The van der Waals surface area contributed by atoms with Crippen molar-refractivity contribution in [1.29, 1.82) is 0 Å². The van der Waals surface area contributed by atoms with Crippen LogP contribution in [0.4, 0.5) is 5.69 Å². The largest absolute Gasteiger partial charge is 0.484 e. The number of fused-ring (bicyclic) bond motifs is 1. The van der Waals surface area contributed by atoms with Gasteiger partial charge in [0, 0.05) is 29.8 Å². The molecule has 1 aromatic heterocycles. The Labute approximate surface area is 151 Å². The molecule has 134 valence electrons. The van der Waals surface area contributed by atoms with Crippen molar-refractivity contribution in [2.24, 2.45) is 0 Å². The molecule has 3 rings (SSSR count). The molecule has 0 bridgehead atoms. The summed E-state index contributed by atoms with van der Waals surface area (Å²) in [6.45, 7) is 6.38. The van der Waals surface area contributed by atoms with Crippen molar-refractivity contribution >= 4 is 22.6 Å².